The molecule has 0 amide bonds. The monoisotopic (exact) mass is 275 g/mol. The number of methoxy groups -OCH3 is 1. The van der Waals surface area contributed by atoms with E-state index in [0.717, 1.165) is 5.56 Å². The second-order valence-electron chi connectivity index (χ2n) is 3.50. The van der Waals surface area contributed by atoms with Crippen molar-refractivity contribution in [3.05, 3.63) is 35.4 Å². The molecule has 4 nitrogen and oxygen atoms in total. The summed E-state index contributed by atoms with van der Waals surface area (Å²) in [5.41, 5.74) is 0.830. The van der Waals surface area contributed by atoms with E-state index >= 15 is 0 Å². The van der Waals surface area contributed by atoms with Crippen molar-refractivity contribution in [1.82, 2.24) is 4.72 Å². The maximum atomic E-state index is 12.0. The molecule has 0 atom stereocenters. The number of aryl methyl sites for hydroxylation is 1. The molecule has 1 aromatic rings. The fourth-order valence-corrected chi connectivity index (χ4v) is 2.67. The number of halogens is 1. The first kappa shape index (κ1) is 14.0. The third kappa shape index (κ3) is 3.73. The Kier molecular flexibility index (Phi) is 4.56. The van der Waals surface area contributed by atoms with E-state index in [1.807, 2.05) is 0 Å². The molecular formula is C11H14ClNO3S. The fourth-order valence-electron chi connectivity index (χ4n) is 1.24. The van der Waals surface area contributed by atoms with Crippen molar-refractivity contribution in [2.45, 2.75) is 11.8 Å². The van der Waals surface area contributed by atoms with E-state index in [-0.39, 0.29) is 16.5 Å². The molecule has 0 radical (unpaired) electrons. The van der Waals surface area contributed by atoms with Gasteiger partial charge in [-0.2, -0.15) is 0 Å². The number of nitrogens with one attached hydrogen (secondary N) is 1. The summed E-state index contributed by atoms with van der Waals surface area (Å²) in [6.45, 7) is 5.21. The van der Waals surface area contributed by atoms with Crippen LogP contribution in [-0.4, -0.2) is 22.1 Å². The highest BCUT2D eigenvalue weighted by atomic mass is 35.5. The van der Waals surface area contributed by atoms with Crippen molar-refractivity contribution in [2.75, 3.05) is 13.7 Å². The minimum atomic E-state index is -3.64. The largest absolute Gasteiger partial charge is 0.495 e. The molecule has 0 bridgehead atoms. The van der Waals surface area contributed by atoms with E-state index in [4.69, 9.17) is 16.3 Å². The smallest absolute Gasteiger partial charge is 0.244 e. The van der Waals surface area contributed by atoms with Crippen LogP contribution in [0.25, 0.3) is 0 Å². The van der Waals surface area contributed by atoms with E-state index in [0.29, 0.717) is 5.75 Å². The predicted octanol–water partition coefficient (Wildman–Crippen LogP) is 2.03. The molecule has 0 heterocycles. The molecule has 0 unspecified atom stereocenters. The highest BCUT2D eigenvalue weighted by Crippen LogP contribution is 2.24. The van der Waals surface area contributed by atoms with E-state index in [1.165, 1.54) is 13.2 Å². The van der Waals surface area contributed by atoms with Crippen molar-refractivity contribution in [1.29, 1.82) is 0 Å². The normalized spacial score (nSPS) is 11.2. The Morgan fingerprint density at radius 1 is 1.53 bits per heavy atom. The van der Waals surface area contributed by atoms with Crippen molar-refractivity contribution in [2.24, 2.45) is 0 Å². The zero-order chi connectivity index (χ0) is 13.1. The maximum Gasteiger partial charge on any atom is 0.244 e. The lowest BCUT2D eigenvalue weighted by atomic mass is 10.2. The predicted molar refractivity (Wildman–Crippen MR) is 67.9 cm³/mol. The van der Waals surface area contributed by atoms with Crippen LogP contribution in [0.3, 0.4) is 0 Å². The lowest BCUT2D eigenvalue weighted by Gasteiger charge is -2.11. The molecule has 1 aromatic carbocycles. The number of sulfonamides is 1. The van der Waals surface area contributed by atoms with Gasteiger partial charge in [0.05, 0.1) is 7.11 Å². The molecule has 94 valence electrons. The summed E-state index contributed by atoms with van der Waals surface area (Å²) in [6, 6.07) is 4.93. The third-order valence-electron chi connectivity index (χ3n) is 2.06. The molecule has 1 N–H and O–H groups in total. The van der Waals surface area contributed by atoms with Crippen LogP contribution in [0.1, 0.15) is 5.56 Å². The van der Waals surface area contributed by atoms with Gasteiger partial charge in [-0.25, -0.2) is 13.1 Å². The zero-order valence-electron chi connectivity index (χ0n) is 9.66. The molecule has 0 fully saturated rings. The summed E-state index contributed by atoms with van der Waals surface area (Å²) in [5, 5.41) is 0.222. The SMILES string of the molecule is C=C(Cl)CNS(=O)(=O)c1cc(C)ccc1OC. The van der Waals surface area contributed by atoms with Gasteiger partial charge in [-0.15, -0.1) is 0 Å². The molecule has 0 aliphatic rings. The Morgan fingerprint density at radius 2 is 2.18 bits per heavy atom. The van der Waals surface area contributed by atoms with Crippen LogP contribution in [0, 0.1) is 6.92 Å². The Hall–Kier alpha value is -1.04. The van der Waals surface area contributed by atoms with E-state index in [1.54, 1.807) is 19.1 Å². The first-order valence-electron chi connectivity index (χ1n) is 4.84. The van der Waals surface area contributed by atoms with Crippen LogP contribution in [0.15, 0.2) is 34.7 Å². The molecule has 6 heteroatoms. The Bertz CT molecular complexity index is 526. The van der Waals surface area contributed by atoms with Crippen LogP contribution >= 0.6 is 11.6 Å². The molecule has 0 saturated carbocycles. The number of ether oxygens (including phenoxy) is 1. The Morgan fingerprint density at radius 3 is 2.71 bits per heavy atom. The molecular weight excluding hydrogens is 262 g/mol. The maximum absolute atomic E-state index is 12.0. The van der Waals surface area contributed by atoms with Gasteiger partial charge in [0.15, 0.2) is 0 Å². The minimum Gasteiger partial charge on any atom is -0.495 e. The summed E-state index contributed by atoms with van der Waals surface area (Å²) in [7, 11) is -2.22. The minimum absolute atomic E-state index is 0.0129. The standard InChI is InChI=1S/C11H14ClNO3S/c1-8-4-5-10(16-3)11(6-8)17(14,15)13-7-9(2)12/h4-6,13H,2,7H2,1,3H3. The Balaban J connectivity index is 3.13. The average Bonchev–Trinajstić information content (AvgIpc) is 2.26. The van der Waals surface area contributed by atoms with E-state index in [9.17, 15) is 8.42 Å². The number of hydrogen-bond acceptors (Lipinski definition) is 3. The van der Waals surface area contributed by atoms with Crippen LogP contribution < -0.4 is 9.46 Å². The fraction of sp³-hybridized carbons (Fsp3) is 0.273. The number of hydrogen-bond donors (Lipinski definition) is 1. The van der Waals surface area contributed by atoms with Gasteiger partial charge in [-0.3, -0.25) is 0 Å². The van der Waals surface area contributed by atoms with Gasteiger partial charge >= 0.3 is 0 Å². The topological polar surface area (TPSA) is 55.4 Å². The molecule has 0 aliphatic heterocycles. The van der Waals surface area contributed by atoms with Gasteiger partial charge < -0.3 is 4.74 Å². The quantitative estimate of drug-likeness (QED) is 0.895. The summed E-state index contributed by atoms with van der Waals surface area (Å²) in [5.74, 6) is 0.295. The van der Waals surface area contributed by atoms with E-state index < -0.39 is 10.0 Å². The molecule has 0 aromatic heterocycles. The summed E-state index contributed by atoms with van der Waals surface area (Å²) < 4.78 is 31.3. The van der Waals surface area contributed by atoms with Crippen LogP contribution in [0.4, 0.5) is 0 Å². The van der Waals surface area contributed by atoms with Crippen molar-refractivity contribution in [3.63, 3.8) is 0 Å². The van der Waals surface area contributed by atoms with Crippen molar-refractivity contribution >= 4 is 21.6 Å². The summed E-state index contributed by atoms with van der Waals surface area (Å²) >= 11 is 5.52. The summed E-state index contributed by atoms with van der Waals surface area (Å²) in [6.07, 6.45) is 0. The number of rotatable bonds is 5. The van der Waals surface area contributed by atoms with Gasteiger partial charge in [0, 0.05) is 11.6 Å². The van der Waals surface area contributed by atoms with E-state index in [2.05, 4.69) is 11.3 Å². The molecule has 1 rings (SSSR count). The first-order chi connectivity index (χ1) is 7.86. The molecule has 0 spiro atoms. The second kappa shape index (κ2) is 5.53. The van der Waals surface area contributed by atoms with Crippen molar-refractivity contribution in [3.8, 4) is 5.75 Å². The number of benzene rings is 1. The zero-order valence-corrected chi connectivity index (χ0v) is 11.2. The van der Waals surface area contributed by atoms with Gasteiger partial charge in [0.2, 0.25) is 10.0 Å². The second-order valence-corrected chi connectivity index (χ2v) is 5.77. The summed E-state index contributed by atoms with van der Waals surface area (Å²) in [4.78, 5) is 0.0953. The van der Waals surface area contributed by atoms with Gasteiger partial charge in [-0.05, 0) is 24.6 Å². The molecule has 17 heavy (non-hydrogen) atoms. The Labute approximate surface area is 106 Å². The van der Waals surface area contributed by atoms with Crippen molar-refractivity contribution < 1.29 is 13.2 Å². The van der Waals surface area contributed by atoms with Gasteiger partial charge in [0.25, 0.3) is 0 Å². The van der Waals surface area contributed by atoms with Gasteiger partial charge in [-0.1, -0.05) is 24.2 Å². The lowest BCUT2D eigenvalue weighted by Crippen LogP contribution is -2.25. The van der Waals surface area contributed by atoms with Crippen LogP contribution in [0.5, 0.6) is 5.75 Å². The first-order valence-corrected chi connectivity index (χ1v) is 6.70. The average molecular weight is 276 g/mol. The highest BCUT2D eigenvalue weighted by molar-refractivity contribution is 7.89. The molecule has 0 aliphatic carbocycles. The third-order valence-corrected chi connectivity index (χ3v) is 3.62. The van der Waals surface area contributed by atoms with Crippen LogP contribution in [0.2, 0.25) is 0 Å². The molecule has 0 saturated heterocycles. The van der Waals surface area contributed by atoms with Crippen LogP contribution in [-0.2, 0) is 10.0 Å². The van der Waals surface area contributed by atoms with Gasteiger partial charge in [0.1, 0.15) is 10.6 Å². The highest BCUT2D eigenvalue weighted by Gasteiger charge is 2.19. The lowest BCUT2D eigenvalue weighted by molar-refractivity contribution is 0.402.